The van der Waals surface area contributed by atoms with Gasteiger partial charge in [0.05, 0.1) is 0 Å². The van der Waals surface area contributed by atoms with Crippen molar-refractivity contribution < 1.29 is 4.79 Å². The van der Waals surface area contributed by atoms with Gasteiger partial charge < -0.3 is 10.6 Å². The Bertz CT molecular complexity index is 1220. The van der Waals surface area contributed by atoms with Crippen molar-refractivity contribution in [2.75, 3.05) is 10.6 Å². The van der Waals surface area contributed by atoms with E-state index in [1.54, 1.807) is 11.8 Å². The number of fused-ring (bicyclic) bond motifs is 1. The lowest BCUT2D eigenvalue weighted by molar-refractivity contribution is -0.117. The molecule has 0 atom stereocenters. The summed E-state index contributed by atoms with van der Waals surface area (Å²) in [5, 5.41) is 14.2. The molecule has 0 bridgehead atoms. The highest BCUT2D eigenvalue weighted by Gasteiger charge is 2.29. The molecule has 1 aliphatic carbocycles. The third-order valence-electron chi connectivity index (χ3n) is 4.88. The Morgan fingerprint density at radius 1 is 1.20 bits per heavy atom. The molecule has 1 fully saturated rings. The first-order valence-electron chi connectivity index (χ1n) is 9.78. The lowest BCUT2D eigenvalue weighted by atomic mass is 10.3. The van der Waals surface area contributed by atoms with Crippen LogP contribution in [0, 0.1) is 19.8 Å². The van der Waals surface area contributed by atoms with Gasteiger partial charge in [-0.2, -0.15) is 5.10 Å². The number of benzene rings is 1. The number of anilines is 3. The third kappa shape index (κ3) is 3.88. The van der Waals surface area contributed by atoms with Crippen LogP contribution in [-0.2, 0) is 4.79 Å². The number of hydrogen-bond donors (Lipinski definition) is 3. The number of hydrogen-bond acceptors (Lipinski definition) is 6. The number of amides is 1. The van der Waals surface area contributed by atoms with E-state index in [1.165, 1.54) is 0 Å². The molecule has 0 saturated heterocycles. The van der Waals surface area contributed by atoms with E-state index in [1.807, 2.05) is 60.8 Å². The van der Waals surface area contributed by atoms with Crippen molar-refractivity contribution in [2.24, 2.45) is 5.92 Å². The van der Waals surface area contributed by atoms with Gasteiger partial charge in [0.15, 0.2) is 5.82 Å². The minimum Gasteiger partial charge on any atom is -0.326 e. The number of nitrogens with zero attached hydrogens (tertiary/aromatic N) is 4. The first kappa shape index (κ1) is 18.7. The predicted octanol–water partition coefficient (Wildman–Crippen LogP) is 4.31. The summed E-state index contributed by atoms with van der Waals surface area (Å²) < 4.78 is 1.96. The average molecular weight is 420 g/mol. The van der Waals surface area contributed by atoms with Crippen LogP contribution in [0.3, 0.4) is 0 Å². The molecule has 9 heteroatoms. The van der Waals surface area contributed by atoms with E-state index in [2.05, 4.69) is 25.8 Å². The summed E-state index contributed by atoms with van der Waals surface area (Å²) in [5.41, 5.74) is 3.59. The molecule has 8 nitrogen and oxygen atoms in total. The molecule has 1 aliphatic rings. The summed E-state index contributed by atoms with van der Waals surface area (Å²) in [6.45, 7) is 3.94. The monoisotopic (exact) mass is 419 g/mol. The maximum Gasteiger partial charge on any atom is 0.227 e. The molecule has 3 N–H and O–H groups in total. The molecular weight excluding hydrogens is 398 g/mol. The summed E-state index contributed by atoms with van der Waals surface area (Å²) in [5.74, 6) is 1.66. The second-order valence-corrected chi connectivity index (χ2v) is 8.56. The molecule has 30 heavy (non-hydrogen) atoms. The fourth-order valence-corrected chi connectivity index (χ4v) is 3.99. The maximum atomic E-state index is 11.9. The first-order valence-corrected chi connectivity index (χ1v) is 10.6. The fourth-order valence-electron chi connectivity index (χ4n) is 3.18. The van der Waals surface area contributed by atoms with E-state index < -0.39 is 0 Å². The minimum absolute atomic E-state index is 0.113. The molecule has 3 heterocycles. The average Bonchev–Trinajstić information content (AvgIpc) is 3.41. The lowest BCUT2D eigenvalue weighted by Crippen LogP contribution is -2.12. The highest BCUT2D eigenvalue weighted by Crippen LogP contribution is 2.32. The van der Waals surface area contributed by atoms with Gasteiger partial charge in [-0.25, -0.2) is 9.97 Å². The van der Waals surface area contributed by atoms with Gasteiger partial charge in [0.1, 0.15) is 10.7 Å². The van der Waals surface area contributed by atoms with Crippen LogP contribution >= 0.6 is 11.8 Å². The number of aryl methyl sites for hydroxylation is 2. The Hall–Kier alpha value is -3.33. The van der Waals surface area contributed by atoms with Gasteiger partial charge in [-0.05, 0) is 51.0 Å². The number of aromatic nitrogens is 5. The second-order valence-electron chi connectivity index (χ2n) is 7.46. The van der Waals surface area contributed by atoms with Gasteiger partial charge in [-0.3, -0.25) is 14.3 Å². The zero-order chi connectivity index (χ0) is 20.7. The number of carbonyl (C=O) groups is 1. The van der Waals surface area contributed by atoms with Gasteiger partial charge in [-0.1, -0.05) is 11.8 Å². The molecule has 5 rings (SSSR count). The summed E-state index contributed by atoms with van der Waals surface area (Å²) in [6, 6.07) is 11.7. The van der Waals surface area contributed by atoms with Crippen molar-refractivity contribution >= 4 is 40.8 Å². The molecule has 0 unspecified atom stereocenters. The Balaban J connectivity index is 1.39. The first-order chi connectivity index (χ1) is 14.5. The van der Waals surface area contributed by atoms with Crippen molar-refractivity contribution in [2.45, 2.75) is 36.6 Å². The second kappa shape index (κ2) is 7.49. The van der Waals surface area contributed by atoms with Crippen LogP contribution in [0.1, 0.15) is 24.2 Å². The Kier molecular flexibility index (Phi) is 4.66. The topological polar surface area (TPSA) is 100 Å². The summed E-state index contributed by atoms with van der Waals surface area (Å²) >= 11 is 1.54. The number of aromatic amines is 1. The van der Waals surface area contributed by atoms with Crippen LogP contribution in [0.5, 0.6) is 0 Å². The normalized spacial score (nSPS) is 13.5. The van der Waals surface area contributed by atoms with Gasteiger partial charge >= 0.3 is 0 Å². The Labute approximate surface area is 177 Å². The number of H-pyrrole nitrogens is 1. The molecule has 0 spiro atoms. The summed E-state index contributed by atoms with van der Waals surface area (Å²) in [4.78, 5) is 22.2. The van der Waals surface area contributed by atoms with Crippen LogP contribution in [0.15, 0.2) is 52.5 Å². The van der Waals surface area contributed by atoms with Gasteiger partial charge in [0.25, 0.3) is 0 Å². The SMILES string of the molecule is Cc1cc(Nc2nc(Sc3ccc(NC(=O)C4CC4)cc3)cc3ncc(C)n23)n[nH]1. The van der Waals surface area contributed by atoms with Crippen molar-refractivity contribution in [3.05, 3.63) is 54.0 Å². The summed E-state index contributed by atoms with van der Waals surface area (Å²) in [7, 11) is 0. The Morgan fingerprint density at radius 2 is 2.00 bits per heavy atom. The van der Waals surface area contributed by atoms with E-state index in [0.717, 1.165) is 45.5 Å². The molecule has 1 amide bonds. The highest BCUT2D eigenvalue weighted by molar-refractivity contribution is 7.99. The molecule has 1 saturated carbocycles. The van der Waals surface area contributed by atoms with Crippen molar-refractivity contribution in [1.29, 1.82) is 0 Å². The molecule has 0 radical (unpaired) electrons. The number of rotatable bonds is 6. The quantitative estimate of drug-likeness (QED) is 0.403. The molecule has 1 aromatic carbocycles. The van der Waals surface area contributed by atoms with Crippen LogP contribution < -0.4 is 10.6 Å². The van der Waals surface area contributed by atoms with E-state index >= 15 is 0 Å². The minimum atomic E-state index is 0.113. The Morgan fingerprint density at radius 3 is 2.70 bits per heavy atom. The van der Waals surface area contributed by atoms with E-state index in [-0.39, 0.29) is 11.8 Å². The standard InChI is InChI=1S/C21H21N7OS/c1-12-9-17(27-26-12)24-21-25-19(10-18-22-11-13(2)28(18)21)30-16-7-5-15(6-8-16)23-20(29)14-3-4-14/h5-11,14H,3-4H2,1-2H3,(H,23,29)(H2,24,25,26,27). The maximum absolute atomic E-state index is 11.9. The smallest absolute Gasteiger partial charge is 0.227 e. The largest absolute Gasteiger partial charge is 0.326 e. The molecule has 3 aromatic heterocycles. The molecule has 4 aromatic rings. The number of imidazole rings is 1. The van der Waals surface area contributed by atoms with Gasteiger partial charge in [0.2, 0.25) is 11.9 Å². The van der Waals surface area contributed by atoms with E-state index in [0.29, 0.717) is 11.8 Å². The van der Waals surface area contributed by atoms with Crippen molar-refractivity contribution in [3.8, 4) is 0 Å². The van der Waals surface area contributed by atoms with E-state index in [4.69, 9.17) is 4.98 Å². The van der Waals surface area contributed by atoms with Crippen molar-refractivity contribution in [3.63, 3.8) is 0 Å². The lowest BCUT2D eigenvalue weighted by Gasteiger charge is -2.10. The van der Waals surface area contributed by atoms with Gasteiger partial charge in [-0.15, -0.1) is 0 Å². The zero-order valence-corrected chi connectivity index (χ0v) is 17.5. The van der Waals surface area contributed by atoms with Crippen LogP contribution in [0.4, 0.5) is 17.5 Å². The van der Waals surface area contributed by atoms with Crippen molar-refractivity contribution in [1.82, 2.24) is 24.6 Å². The van der Waals surface area contributed by atoms with Gasteiger partial charge in [0, 0.05) is 46.2 Å². The highest BCUT2D eigenvalue weighted by atomic mass is 32.2. The predicted molar refractivity (Wildman–Crippen MR) is 116 cm³/mol. The summed E-state index contributed by atoms with van der Waals surface area (Å²) in [6.07, 6.45) is 3.81. The van der Waals surface area contributed by atoms with E-state index in [9.17, 15) is 4.79 Å². The molecular formula is C21H21N7OS. The number of nitrogens with one attached hydrogen (secondary N) is 3. The van der Waals surface area contributed by atoms with Crippen LogP contribution in [0.25, 0.3) is 5.65 Å². The van der Waals surface area contributed by atoms with Crippen LogP contribution in [0.2, 0.25) is 0 Å². The molecule has 0 aliphatic heterocycles. The third-order valence-corrected chi connectivity index (χ3v) is 5.81. The van der Waals surface area contributed by atoms with Crippen LogP contribution in [-0.4, -0.2) is 30.5 Å². The zero-order valence-electron chi connectivity index (χ0n) is 16.6. The fraction of sp³-hybridized carbons (Fsp3) is 0.238. The number of carbonyl (C=O) groups excluding carboxylic acids is 1. The molecule has 152 valence electrons.